The third kappa shape index (κ3) is 1.61. The fourth-order valence-electron chi connectivity index (χ4n) is 1.82. The zero-order valence-corrected chi connectivity index (χ0v) is 7.76. The van der Waals surface area contributed by atoms with Crippen LogP contribution in [0.5, 0.6) is 0 Å². The highest BCUT2D eigenvalue weighted by Crippen LogP contribution is 2.23. The molecule has 1 aliphatic heterocycles. The Morgan fingerprint density at radius 3 is 3.00 bits per heavy atom. The predicted molar refractivity (Wildman–Crippen MR) is 51.3 cm³/mol. The summed E-state index contributed by atoms with van der Waals surface area (Å²) < 4.78 is 13.0. The van der Waals surface area contributed by atoms with Crippen LogP contribution in [0.25, 0.3) is 0 Å². The molecule has 1 heterocycles. The van der Waals surface area contributed by atoms with Crippen molar-refractivity contribution in [3.8, 4) is 6.07 Å². The van der Waals surface area contributed by atoms with Crippen LogP contribution in [0.3, 0.4) is 0 Å². The summed E-state index contributed by atoms with van der Waals surface area (Å²) in [6.45, 7) is 1.93. The summed E-state index contributed by atoms with van der Waals surface area (Å²) in [4.78, 5) is 0. The minimum absolute atomic E-state index is 0.148. The summed E-state index contributed by atoms with van der Waals surface area (Å²) in [5.74, 6) is 0.00454. The minimum Gasteiger partial charge on any atom is -0.316 e. The van der Waals surface area contributed by atoms with E-state index in [1.54, 1.807) is 12.1 Å². The molecule has 1 unspecified atom stereocenters. The van der Waals surface area contributed by atoms with E-state index in [-0.39, 0.29) is 5.56 Å². The zero-order chi connectivity index (χ0) is 9.97. The number of rotatable bonds is 1. The first-order valence-electron chi connectivity index (χ1n) is 4.71. The van der Waals surface area contributed by atoms with E-state index in [1.165, 1.54) is 6.07 Å². The van der Waals surface area contributed by atoms with Gasteiger partial charge in [0, 0.05) is 6.54 Å². The van der Waals surface area contributed by atoms with E-state index in [0.29, 0.717) is 5.92 Å². The molecule has 1 aromatic rings. The van der Waals surface area contributed by atoms with Crippen molar-refractivity contribution in [2.75, 3.05) is 13.1 Å². The molecule has 1 fully saturated rings. The minimum atomic E-state index is -0.429. The molecule has 0 aliphatic carbocycles. The van der Waals surface area contributed by atoms with Gasteiger partial charge >= 0.3 is 0 Å². The summed E-state index contributed by atoms with van der Waals surface area (Å²) in [6.07, 6.45) is 1.07. The zero-order valence-electron chi connectivity index (χ0n) is 7.76. The SMILES string of the molecule is N#Cc1cc(C2CCNC2)ccc1F. The highest BCUT2D eigenvalue weighted by molar-refractivity contribution is 5.36. The number of halogens is 1. The first-order chi connectivity index (χ1) is 6.81. The Bertz CT molecular complexity index is 375. The van der Waals surface area contributed by atoms with Gasteiger partial charge in [0.15, 0.2) is 0 Å². The Kier molecular flexibility index (Phi) is 2.47. The molecule has 0 amide bonds. The lowest BCUT2D eigenvalue weighted by atomic mass is 9.97. The Hall–Kier alpha value is -1.40. The highest BCUT2D eigenvalue weighted by atomic mass is 19.1. The Morgan fingerprint density at radius 1 is 1.50 bits per heavy atom. The summed E-state index contributed by atoms with van der Waals surface area (Å²) in [5, 5.41) is 11.9. The van der Waals surface area contributed by atoms with Crippen molar-refractivity contribution >= 4 is 0 Å². The van der Waals surface area contributed by atoms with Crippen molar-refractivity contribution in [1.82, 2.24) is 5.32 Å². The van der Waals surface area contributed by atoms with E-state index >= 15 is 0 Å². The largest absolute Gasteiger partial charge is 0.316 e. The van der Waals surface area contributed by atoms with E-state index in [4.69, 9.17) is 5.26 Å². The van der Waals surface area contributed by atoms with Gasteiger partial charge in [-0.15, -0.1) is 0 Å². The molecule has 1 atom stereocenters. The predicted octanol–water partition coefficient (Wildman–Crippen LogP) is 1.77. The lowest BCUT2D eigenvalue weighted by Crippen LogP contribution is -2.08. The maximum absolute atomic E-state index is 13.0. The van der Waals surface area contributed by atoms with Crippen LogP contribution >= 0.6 is 0 Å². The molecule has 0 aromatic heterocycles. The van der Waals surface area contributed by atoms with E-state index in [0.717, 1.165) is 25.1 Å². The molecular weight excluding hydrogens is 179 g/mol. The molecule has 1 saturated heterocycles. The van der Waals surface area contributed by atoms with Crippen molar-refractivity contribution in [1.29, 1.82) is 5.26 Å². The van der Waals surface area contributed by atoms with Gasteiger partial charge in [-0.05, 0) is 36.6 Å². The van der Waals surface area contributed by atoms with Gasteiger partial charge in [-0.3, -0.25) is 0 Å². The van der Waals surface area contributed by atoms with Gasteiger partial charge in [-0.2, -0.15) is 5.26 Å². The summed E-state index contributed by atoms with van der Waals surface area (Å²) in [5.41, 5.74) is 1.21. The molecule has 1 aliphatic rings. The van der Waals surface area contributed by atoms with Crippen LogP contribution < -0.4 is 5.32 Å². The van der Waals surface area contributed by atoms with Crippen LogP contribution in [0.4, 0.5) is 4.39 Å². The second kappa shape index (κ2) is 3.77. The van der Waals surface area contributed by atoms with Gasteiger partial charge in [0.1, 0.15) is 11.9 Å². The first kappa shape index (κ1) is 9.17. The Morgan fingerprint density at radius 2 is 2.36 bits per heavy atom. The fraction of sp³-hybridized carbons (Fsp3) is 0.364. The molecule has 2 nitrogen and oxygen atoms in total. The van der Waals surface area contributed by atoms with Gasteiger partial charge in [0.2, 0.25) is 0 Å². The molecule has 14 heavy (non-hydrogen) atoms. The normalized spacial score (nSPS) is 20.7. The highest BCUT2D eigenvalue weighted by Gasteiger charge is 2.17. The molecule has 0 radical (unpaired) electrons. The second-order valence-corrected chi connectivity index (χ2v) is 3.54. The van der Waals surface area contributed by atoms with E-state index in [1.807, 2.05) is 6.07 Å². The van der Waals surface area contributed by atoms with Crippen LogP contribution in [0.2, 0.25) is 0 Å². The third-order valence-electron chi connectivity index (χ3n) is 2.64. The summed E-state index contributed by atoms with van der Waals surface area (Å²) in [6, 6.07) is 6.68. The van der Waals surface area contributed by atoms with Crippen LogP contribution in [0.15, 0.2) is 18.2 Å². The smallest absolute Gasteiger partial charge is 0.140 e. The molecule has 0 bridgehead atoms. The van der Waals surface area contributed by atoms with Crippen LogP contribution in [-0.2, 0) is 0 Å². The number of hydrogen-bond donors (Lipinski definition) is 1. The van der Waals surface area contributed by atoms with Crippen molar-refractivity contribution in [3.63, 3.8) is 0 Å². The first-order valence-corrected chi connectivity index (χ1v) is 4.71. The van der Waals surface area contributed by atoms with Crippen molar-refractivity contribution < 1.29 is 4.39 Å². The van der Waals surface area contributed by atoms with E-state index in [2.05, 4.69) is 5.32 Å². The molecule has 72 valence electrons. The maximum Gasteiger partial charge on any atom is 0.140 e. The van der Waals surface area contributed by atoms with Gasteiger partial charge in [-0.25, -0.2) is 4.39 Å². The van der Waals surface area contributed by atoms with Gasteiger partial charge in [0.05, 0.1) is 5.56 Å². The summed E-state index contributed by atoms with van der Waals surface area (Å²) in [7, 11) is 0. The molecule has 2 rings (SSSR count). The number of nitriles is 1. The average molecular weight is 190 g/mol. The standard InChI is InChI=1S/C11H11FN2/c12-11-2-1-8(5-10(11)6-13)9-3-4-14-7-9/h1-2,5,9,14H,3-4,7H2. The number of nitrogens with zero attached hydrogens (tertiary/aromatic N) is 1. The van der Waals surface area contributed by atoms with Gasteiger partial charge in [-0.1, -0.05) is 6.07 Å². The maximum atomic E-state index is 13.0. The topological polar surface area (TPSA) is 35.8 Å². The molecule has 1 N–H and O–H groups in total. The number of benzene rings is 1. The molecule has 0 spiro atoms. The average Bonchev–Trinajstić information content (AvgIpc) is 2.71. The van der Waals surface area contributed by atoms with E-state index in [9.17, 15) is 4.39 Å². The molecule has 3 heteroatoms. The molecule has 1 aromatic carbocycles. The van der Waals surface area contributed by atoms with Crippen LogP contribution in [-0.4, -0.2) is 13.1 Å². The quantitative estimate of drug-likeness (QED) is 0.732. The van der Waals surface area contributed by atoms with Crippen molar-refractivity contribution in [3.05, 3.63) is 35.1 Å². The lowest BCUT2D eigenvalue weighted by Gasteiger charge is -2.08. The Labute approximate surface area is 82.4 Å². The van der Waals surface area contributed by atoms with Gasteiger partial charge < -0.3 is 5.32 Å². The lowest BCUT2D eigenvalue weighted by molar-refractivity contribution is 0.621. The summed E-state index contributed by atoms with van der Waals surface area (Å²) >= 11 is 0. The monoisotopic (exact) mass is 190 g/mol. The number of nitrogens with one attached hydrogen (secondary N) is 1. The fourth-order valence-corrected chi connectivity index (χ4v) is 1.82. The number of hydrogen-bond acceptors (Lipinski definition) is 2. The van der Waals surface area contributed by atoms with Crippen molar-refractivity contribution in [2.45, 2.75) is 12.3 Å². The molecule has 0 saturated carbocycles. The van der Waals surface area contributed by atoms with Crippen LogP contribution in [0.1, 0.15) is 23.5 Å². The second-order valence-electron chi connectivity index (χ2n) is 3.54. The van der Waals surface area contributed by atoms with Crippen molar-refractivity contribution in [2.24, 2.45) is 0 Å². The third-order valence-corrected chi connectivity index (χ3v) is 2.64. The van der Waals surface area contributed by atoms with Crippen LogP contribution in [0, 0.1) is 17.1 Å². The van der Waals surface area contributed by atoms with E-state index < -0.39 is 5.82 Å². The van der Waals surface area contributed by atoms with Gasteiger partial charge in [0.25, 0.3) is 0 Å². The molecular formula is C11H11FN2. The Balaban J connectivity index is 2.31.